The Kier molecular flexibility index (Phi) is 3.87. The number of esters is 1. The third-order valence-electron chi connectivity index (χ3n) is 4.59. The maximum absolute atomic E-state index is 12.6. The highest BCUT2D eigenvalue weighted by molar-refractivity contribution is 6.09. The number of carbonyl (C=O) groups excluding carboxylic acids is 1. The fraction of sp³-hybridized carbons (Fsp3) is 0.0435. The molecule has 0 spiro atoms. The molecule has 3 nitrogen and oxygen atoms in total. The average molecular weight is 337 g/mol. The maximum atomic E-state index is 12.6. The molecule has 4 rings (SSSR count). The van der Waals surface area contributed by atoms with E-state index in [1.807, 2.05) is 91.0 Å². The molecule has 0 amide bonds. The smallest absolute Gasteiger partial charge is 0.350 e. The summed E-state index contributed by atoms with van der Waals surface area (Å²) in [7, 11) is 0. The number of ether oxygens (including phenoxy) is 1. The molecular weight excluding hydrogens is 322 g/mol. The maximum Gasteiger partial charge on any atom is 0.350 e. The quantitative estimate of drug-likeness (QED) is 0.663. The van der Waals surface area contributed by atoms with Crippen molar-refractivity contribution in [1.29, 1.82) is 5.26 Å². The van der Waals surface area contributed by atoms with Crippen LogP contribution in [0.5, 0.6) is 0 Å². The van der Waals surface area contributed by atoms with Gasteiger partial charge in [-0.25, -0.2) is 4.79 Å². The van der Waals surface area contributed by atoms with E-state index in [0.29, 0.717) is 5.57 Å². The average Bonchev–Trinajstić information content (AvgIpc) is 3.03. The molecule has 0 bridgehead atoms. The lowest BCUT2D eigenvalue weighted by Gasteiger charge is -2.32. The van der Waals surface area contributed by atoms with Crippen molar-refractivity contribution in [2.75, 3.05) is 0 Å². The molecule has 0 unspecified atom stereocenters. The van der Waals surface area contributed by atoms with E-state index in [-0.39, 0.29) is 5.57 Å². The normalized spacial score (nSPS) is 15.4. The predicted molar refractivity (Wildman–Crippen MR) is 98.7 cm³/mol. The Morgan fingerprint density at radius 1 is 0.731 bits per heavy atom. The fourth-order valence-electron chi connectivity index (χ4n) is 3.49. The summed E-state index contributed by atoms with van der Waals surface area (Å²) in [5.41, 5.74) is 1.90. The number of benzene rings is 3. The van der Waals surface area contributed by atoms with Crippen molar-refractivity contribution >= 4 is 11.5 Å². The Bertz CT molecular complexity index is 977. The van der Waals surface area contributed by atoms with Crippen LogP contribution in [-0.4, -0.2) is 5.97 Å². The van der Waals surface area contributed by atoms with Gasteiger partial charge in [0.15, 0.2) is 5.60 Å². The molecule has 3 heteroatoms. The van der Waals surface area contributed by atoms with Crippen molar-refractivity contribution in [2.24, 2.45) is 0 Å². The molecule has 1 aliphatic heterocycles. The molecule has 0 N–H and O–H groups in total. The number of nitrogens with zero attached hydrogens (tertiary/aromatic N) is 1. The highest BCUT2D eigenvalue weighted by Gasteiger charge is 2.51. The SMILES string of the molecule is N#CC1=C(c2ccccc2)C(c2ccccc2)(c2ccccc2)OC1=O. The largest absolute Gasteiger partial charge is 0.440 e. The first-order valence-electron chi connectivity index (χ1n) is 8.32. The highest BCUT2D eigenvalue weighted by Crippen LogP contribution is 2.51. The summed E-state index contributed by atoms with van der Waals surface area (Å²) in [5.74, 6) is -0.598. The van der Waals surface area contributed by atoms with E-state index < -0.39 is 11.6 Å². The second-order valence-electron chi connectivity index (χ2n) is 6.03. The van der Waals surface area contributed by atoms with Gasteiger partial charge in [0.05, 0.1) is 0 Å². The first kappa shape index (κ1) is 15.9. The third-order valence-corrected chi connectivity index (χ3v) is 4.59. The number of carbonyl (C=O) groups is 1. The topological polar surface area (TPSA) is 50.1 Å². The lowest BCUT2D eigenvalue weighted by Crippen LogP contribution is -2.30. The second kappa shape index (κ2) is 6.34. The van der Waals surface area contributed by atoms with Crippen LogP contribution in [-0.2, 0) is 15.1 Å². The van der Waals surface area contributed by atoms with E-state index >= 15 is 0 Å². The predicted octanol–water partition coefficient (Wildman–Crippen LogP) is 4.46. The minimum Gasteiger partial charge on any atom is -0.440 e. The number of hydrogen-bond donors (Lipinski definition) is 0. The molecule has 3 aromatic carbocycles. The molecule has 1 heterocycles. The zero-order chi connectivity index (χ0) is 18.0. The summed E-state index contributed by atoms with van der Waals surface area (Å²) >= 11 is 0. The number of nitriles is 1. The first-order chi connectivity index (χ1) is 12.8. The van der Waals surface area contributed by atoms with Crippen LogP contribution in [0, 0.1) is 11.3 Å². The molecule has 0 radical (unpaired) electrons. The van der Waals surface area contributed by atoms with Crippen molar-refractivity contribution < 1.29 is 9.53 Å². The Morgan fingerprint density at radius 2 is 1.19 bits per heavy atom. The Morgan fingerprint density at radius 3 is 1.65 bits per heavy atom. The second-order valence-corrected chi connectivity index (χ2v) is 6.03. The number of cyclic esters (lactones) is 1. The van der Waals surface area contributed by atoms with Gasteiger partial charge < -0.3 is 4.74 Å². The van der Waals surface area contributed by atoms with Crippen molar-refractivity contribution in [2.45, 2.75) is 5.60 Å². The van der Waals surface area contributed by atoms with E-state index in [9.17, 15) is 10.1 Å². The van der Waals surface area contributed by atoms with E-state index in [0.717, 1.165) is 16.7 Å². The lowest BCUT2D eigenvalue weighted by atomic mass is 9.76. The van der Waals surface area contributed by atoms with Crippen molar-refractivity contribution in [3.05, 3.63) is 113 Å². The standard InChI is InChI=1S/C23H15NO2/c24-16-20-21(17-10-4-1-5-11-17)23(26-22(20)25,18-12-6-2-7-13-18)19-14-8-3-9-15-19/h1-15H. The van der Waals surface area contributed by atoms with Crippen LogP contribution in [0.25, 0.3) is 5.57 Å². The van der Waals surface area contributed by atoms with Gasteiger partial charge in [0, 0.05) is 16.7 Å². The molecule has 0 fully saturated rings. The summed E-state index contributed by atoms with van der Waals surface area (Å²) in [4.78, 5) is 12.6. The zero-order valence-corrected chi connectivity index (χ0v) is 13.9. The molecular formula is C23H15NO2. The molecule has 0 atom stereocenters. The van der Waals surface area contributed by atoms with Gasteiger partial charge in [-0.05, 0) is 5.56 Å². The first-order valence-corrected chi connectivity index (χ1v) is 8.32. The van der Waals surface area contributed by atoms with Crippen LogP contribution < -0.4 is 0 Å². The molecule has 0 saturated carbocycles. The van der Waals surface area contributed by atoms with Gasteiger partial charge in [-0.3, -0.25) is 0 Å². The molecule has 0 saturated heterocycles. The minimum atomic E-state index is -1.15. The van der Waals surface area contributed by atoms with Crippen molar-refractivity contribution in [1.82, 2.24) is 0 Å². The fourth-order valence-corrected chi connectivity index (χ4v) is 3.49. The number of hydrogen-bond acceptors (Lipinski definition) is 3. The Labute approximate surface area is 151 Å². The highest BCUT2D eigenvalue weighted by atomic mass is 16.6. The molecule has 26 heavy (non-hydrogen) atoms. The van der Waals surface area contributed by atoms with Gasteiger partial charge in [0.2, 0.25) is 0 Å². The van der Waals surface area contributed by atoms with Crippen LogP contribution in [0.1, 0.15) is 16.7 Å². The van der Waals surface area contributed by atoms with Crippen LogP contribution in [0.15, 0.2) is 96.6 Å². The Hall–Kier alpha value is -3.64. The summed E-state index contributed by atoms with van der Waals surface area (Å²) < 4.78 is 5.96. The molecule has 124 valence electrons. The van der Waals surface area contributed by atoms with Gasteiger partial charge in [-0.2, -0.15) is 5.26 Å². The van der Waals surface area contributed by atoms with E-state index in [2.05, 4.69) is 6.07 Å². The van der Waals surface area contributed by atoms with Crippen LogP contribution in [0.3, 0.4) is 0 Å². The van der Waals surface area contributed by atoms with Crippen LogP contribution in [0.4, 0.5) is 0 Å². The number of rotatable bonds is 3. The Balaban J connectivity index is 2.10. The van der Waals surface area contributed by atoms with Gasteiger partial charge in [-0.1, -0.05) is 91.0 Å². The van der Waals surface area contributed by atoms with E-state index in [1.54, 1.807) is 0 Å². The molecule has 0 aliphatic carbocycles. The van der Waals surface area contributed by atoms with E-state index in [4.69, 9.17) is 4.74 Å². The minimum absolute atomic E-state index is 0.0453. The van der Waals surface area contributed by atoms with Gasteiger partial charge in [0.25, 0.3) is 0 Å². The summed E-state index contributed by atoms with van der Waals surface area (Å²) in [5, 5.41) is 9.69. The molecule has 3 aromatic rings. The zero-order valence-electron chi connectivity index (χ0n) is 13.9. The van der Waals surface area contributed by atoms with Crippen molar-refractivity contribution in [3.63, 3.8) is 0 Å². The summed E-state index contributed by atoms with van der Waals surface area (Å²) in [6.07, 6.45) is 0. The monoisotopic (exact) mass is 337 g/mol. The van der Waals surface area contributed by atoms with E-state index in [1.165, 1.54) is 0 Å². The molecule has 1 aliphatic rings. The van der Waals surface area contributed by atoms with Crippen molar-refractivity contribution in [3.8, 4) is 6.07 Å². The lowest BCUT2D eigenvalue weighted by molar-refractivity contribution is -0.143. The summed E-state index contributed by atoms with van der Waals surface area (Å²) in [6, 6.07) is 30.7. The van der Waals surface area contributed by atoms with Crippen LogP contribution in [0.2, 0.25) is 0 Å². The van der Waals surface area contributed by atoms with Gasteiger partial charge >= 0.3 is 5.97 Å². The van der Waals surface area contributed by atoms with Gasteiger partial charge in [0.1, 0.15) is 11.6 Å². The van der Waals surface area contributed by atoms with Gasteiger partial charge in [-0.15, -0.1) is 0 Å². The third kappa shape index (κ3) is 2.32. The van der Waals surface area contributed by atoms with Crippen LogP contribution >= 0.6 is 0 Å². The molecule has 0 aromatic heterocycles. The summed E-state index contributed by atoms with van der Waals surface area (Å²) in [6.45, 7) is 0.